The van der Waals surface area contributed by atoms with E-state index >= 15 is 0 Å². The lowest BCUT2D eigenvalue weighted by molar-refractivity contribution is 0.173. The lowest BCUT2D eigenvalue weighted by Gasteiger charge is -2.37. The highest BCUT2D eigenvalue weighted by molar-refractivity contribution is 7.18. The summed E-state index contributed by atoms with van der Waals surface area (Å²) in [7, 11) is 0. The molecule has 0 bridgehead atoms. The topological polar surface area (TPSA) is 44.8 Å². The Labute approximate surface area is 175 Å². The third kappa shape index (κ3) is 3.49. The van der Waals surface area contributed by atoms with Crippen LogP contribution in [0, 0.1) is 13.8 Å². The van der Waals surface area contributed by atoms with Gasteiger partial charge >= 0.3 is 0 Å². The van der Waals surface area contributed by atoms with Gasteiger partial charge in [-0.1, -0.05) is 42.5 Å². The first-order valence-electron chi connectivity index (χ1n) is 10.4. The number of nitrogens with one attached hydrogen (secondary N) is 1. The van der Waals surface area contributed by atoms with Gasteiger partial charge in [-0.25, -0.2) is 4.98 Å². The summed E-state index contributed by atoms with van der Waals surface area (Å²) in [5.74, 6) is 0.562. The number of hydrogen-bond donors (Lipinski definition) is 1. The SMILES string of the molecule is Cc1n[nH]c(C)c1C(c1ccccc1)N1CCC(c2nc3ccccc3s2)CC1. The van der Waals surface area contributed by atoms with Crippen LogP contribution in [-0.4, -0.2) is 33.2 Å². The number of aromatic amines is 1. The van der Waals surface area contributed by atoms with Crippen molar-refractivity contribution in [2.24, 2.45) is 0 Å². The first-order chi connectivity index (χ1) is 14.2. The van der Waals surface area contributed by atoms with Crippen molar-refractivity contribution >= 4 is 21.6 Å². The minimum atomic E-state index is 0.256. The van der Waals surface area contributed by atoms with Gasteiger partial charge in [0.25, 0.3) is 0 Å². The molecule has 2 aromatic heterocycles. The Hall–Kier alpha value is -2.50. The fourth-order valence-corrected chi connectivity index (χ4v) is 5.76. The maximum Gasteiger partial charge on any atom is 0.0970 e. The molecule has 1 N–H and O–H groups in total. The molecular weight excluding hydrogens is 376 g/mol. The summed E-state index contributed by atoms with van der Waals surface area (Å²) in [5.41, 5.74) is 6.09. The molecule has 0 spiro atoms. The van der Waals surface area contributed by atoms with Gasteiger partial charge in [0.2, 0.25) is 0 Å². The van der Waals surface area contributed by atoms with Crippen molar-refractivity contribution in [1.82, 2.24) is 20.1 Å². The largest absolute Gasteiger partial charge is 0.292 e. The minimum absolute atomic E-state index is 0.256. The van der Waals surface area contributed by atoms with Crippen LogP contribution in [0.3, 0.4) is 0 Å². The molecule has 2 aromatic carbocycles. The number of para-hydroxylation sites is 1. The van der Waals surface area contributed by atoms with Crippen molar-refractivity contribution in [1.29, 1.82) is 0 Å². The number of likely N-dealkylation sites (tertiary alicyclic amines) is 1. The highest BCUT2D eigenvalue weighted by atomic mass is 32.1. The molecule has 1 atom stereocenters. The number of H-pyrrole nitrogens is 1. The molecule has 5 heteroatoms. The van der Waals surface area contributed by atoms with Crippen LogP contribution in [-0.2, 0) is 0 Å². The average Bonchev–Trinajstić information content (AvgIpc) is 3.34. The van der Waals surface area contributed by atoms with Crippen LogP contribution in [0.4, 0.5) is 0 Å². The van der Waals surface area contributed by atoms with Crippen molar-refractivity contribution in [3.63, 3.8) is 0 Å². The van der Waals surface area contributed by atoms with Gasteiger partial charge in [0.05, 0.1) is 27.0 Å². The Balaban J connectivity index is 1.41. The van der Waals surface area contributed by atoms with Crippen LogP contribution >= 0.6 is 11.3 Å². The predicted molar refractivity (Wildman–Crippen MR) is 120 cm³/mol. The summed E-state index contributed by atoms with van der Waals surface area (Å²) in [6.45, 7) is 6.40. The monoisotopic (exact) mass is 402 g/mol. The zero-order chi connectivity index (χ0) is 19.8. The third-order valence-electron chi connectivity index (χ3n) is 6.13. The van der Waals surface area contributed by atoms with Crippen LogP contribution in [0.2, 0.25) is 0 Å². The number of piperidine rings is 1. The number of benzene rings is 2. The Morgan fingerprint density at radius 2 is 1.72 bits per heavy atom. The maximum atomic E-state index is 4.93. The second kappa shape index (κ2) is 7.73. The number of hydrogen-bond acceptors (Lipinski definition) is 4. The normalized spacial score (nSPS) is 17.0. The number of thiazole rings is 1. The summed E-state index contributed by atoms with van der Waals surface area (Å²) in [6.07, 6.45) is 2.30. The molecule has 0 saturated carbocycles. The average molecular weight is 403 g/mol. The molecule has 29 heavy (non-hydrogen) atoms. The Morgan fingerprint density at radius 3 is 2.41 bits per heavy atom. The summed E-state index contributed by atoms with van der Waals surface area (Å²) < 4.78 is 1.30. The van der Waals surface area contributed by atoms with E-state index in [1.807, 2.05) is 11.3 Å². The zero-order valence-corrected chi connectivity index (χ0v) is 17.7. The van der Waals surface area contributed by atoms with Gasteiger partial charge in [0.1, 0.15) is 0 Å². The second-order valence-electron chi connectivity index (χ2n) is 7.99. The van der Waals surface area contributed by atoms with Crippen molar-refractivity contribution in [3.8, 4) is 0 Å². The van der Waals surface area contributed by atoms with Gasteiger partial charge in [-0.05, 0) is 57.5 Å². The lowest BCUT2D eigenvalue weighted by Crippen LogP contribution is -2.37. The molecule has 5 rings (SSSR count). The molecule has 1 aliphatic heterocycles. The fraction of sp³-hybridized carbons (Fsp3) is 0.333. The van der Waals surface area contributed by atoms with Crippen molar-refractivity contribution < 1.29 is 0 Å². The first kappa shape index (κ1) is 18.5. The van der Waals surface area contributed by atoms with Gasteiger partial charge in [0, 0.05) is 17.2 Å². The van der Waals surface area contributed by atoms with Crippen molar-refractivity contribution in [3.05, 3.63) is 82.1 Å². The molecule has 1 fully saturated rings. The van der Waals surface area contributed by atoms with E-state index in [9.17, 15) is 0 Å². The van der Waals surface area contributed by atoms with E-state index in [0.29, 0.717) is 5.92 Å². The highest BCUT2D eigenvalue weighted by Crippen LogP contribution is 2.39. The molecule has 1 unspecified atom stereocenters. The van der Waals surface area contributed by atoms with Crippen molar-refractivity contribution in [2.75, 3.05) is 13.1 Å². The van der Waals surface area contributed by atoms with E-state index in [0.717, 1.165) is 37.1 Å². The summed E-state index contributed by atoms with van der Waals surface area (Å²) >= 11 is 1.87. The third-order valence-corrected chi connectivity index (χ3v) is 7.33. The number of aryl methyl sites for hydroxylation is 2. The van der Waals surface area contributed by atoms with Gasteiger partial charge in [-0.2, -0.15) is 5.10 Å². The standard InChI is InChI=1S/C24H26N4S/c1-16-22(17(2)27-26-16)23(18-8-4-3-5-9-18)28-14-12-19(13-15-28)24-25-20-10-6-7-11-21(20)29-24/h3-11,19,23H,12-15H2,1-2H3,(H,26,27). The van der Waals surface area contributed by atoms with Crippen LogP contribution in [0.5, 0.6) is 0 Å². The Bertz CT molecular complexity index is 1050. The van der Waals surface area contributed by atoms with Gasteiger partial charge in [-0.15, -0.1) is 11.3 Å². The molecule has 148 valence electrons. The first-order valence-corrected chi connectivity index (χ1v) is 11.2. The summed E-state index contributed by atoms with van der Waals surface area (Å²) in [5, 5.41) is 8.98. The molecule has 4 nitrogen and oxygen atoms in total. The van der Waals surface area contributed by atoms with Crippen LogP contribution < -0.4 is 0 Å². The fourth-order valence-electron chi connectivity index (χ4n) is 4.63. The predicted octanol–water partition coefficient (Wildman–Crippen LogP) is 5.61. The van der Waals surface area contributed by atoms with Crippen molar-refractivity contribution in [2.45, 2.75) is 38.6 Å². The van der Waals surface area contributed by atoms with E-state index < -0.39 is 0 Å². The Kier molecular flexibility index (Phi) is 4.94. The zero-order valence-electron chi connectivity index (χ0n) is 16.9. The van der Waals surface area contributed by atoms with Crippen LogP contribution in [0.1, 0.15) is 52.3 Å². The van der Waals surface area contributed by atoms with E-state index in [1.54, 1.807) is 0 Å². The van der Waals surface area contributed by atoms with E-state index in [4.69, 9.17) is 4.98 Å². The smallest absolute Gasteiger partial charge is 0.0970 e. The molecule has 1 saturated heterocycles. The number of nitrogens with zero attached hydrogens (tertiary/aromatic N) is 3. The van der Waals surface area contributed by atoms with Crippen LogP contribution in [0.25, 0.3) is 10.2 Å². The van der Waals surface area contributed by atoms with E-state index in [1.165, 1.54) is 26.5 Å². The van der Waals surface area contributed by atoms with Gasteiger partial charge in [0.15, 0.2) is 0 Å². The van der Waals surface area contributed by atoms with Gasteiger partial charge < -0.3 is 0 Å². The molecular formula is C24H26N4S. The molecule has 0 radical (unpaired) electrons. The van der Waals surface area contributed by atoms with E-state index in [-0.39, 0.29) is 6.04 Å². The highest BCUT2D eigenvalue weighted by Gasteiger charge is 2.31. The summed E-state index contributed by atoms with van der Waals surface area (Å²) in [4.78, 5) is 7.56. The van der Waals surface area contributed by atoms with E-state index in [2.05, 4.69) is 83.5 Å². The maximum absolute atomic E-state index is 4.93. The molecule has 0 amide bonds. The van der Waals surface area contributed by atoms with Crippen LogP contribution in [0.15, 0.2) is 54.6 Å². The summed E-state index contributed by atoms with van der Waals surface area (Å²) in [6, 6.07) is 19.6. The van der Waals surface area contributed by atoms with Gasteiger partial charge in [-0.3, -0.25) is 10.00 Å². The molecule has 1 aliphatic rings. The minimum Gasteiger partial charge on any atom is -0.292 e. The number of rotatable bonds is 4. The molecule has 0 aliphatic carbocycles. The Morgan fingerprint density at radius 1 is 1.00 bits per heavy atom. The molecule has 3 heterocycles. The second-order valence-corrected chi connectivity index (χ2v) is 9.05. The number of fused-ring (bicyclic) bond motifs is 1. The molecule has 4 aromatic rings. The lowest BCUT2D eigenvalue weighted by atomic mass is 9.90. The quantitative estimate of drug-likeness (QED) is 0.483. The number of aromatic nitrogens is 3.